The number of aliphatic hydroxyl groups excluding tert-OH is 3. The van der Waals surface area contributed by atoms with E-state index in [1.54, 1.807) is 18.2 Å². The van der Waals surface area contributed by atoms with E-state index in [1.807, 2.05) is 0 Å². The first kappa shape index (κ1) is 22.4. The number of thioether (sulfide) groups is 1. The predicted octanol–water partition coefficient (Wildman–Crippen LogP) is 2.56. The number of hydrogen-bond donors (Lipinski definition) is 3. The van der Waals surface area contributed by atoms with Gasteiger partial charge >= 0.3 is 0 Å². The van der Waals surface area contributed by atoms with Crippen molar-refractivity contribution < 1.29 is 24.4 Å². The van der Waals surface area contributed by atoms with E-state index < -0.39 is 42.2 Å². The monoisotopic (exact) mass is 486 g/mol. The molecule has 0 radical (unpaired) electrons. The molecule has 1 aliphatic heterocycles. The van der Waals surface area contributed by atoms with Crippen LogP contribution in [-0.4, -0.2) is 65.7 Å². The SMILES string of the molecule is OC[C@@H]1O[C@@H](Sc2ccc(Cl)c(Cl)c2)[C@@H](O)[C@H](n2cc(-c3cncc(F)c3)nn2)[C@@H]1O. The molecule has 164 valence electrons. The number of aliphatic hydroxyl groups is 3. The average Bonchev–Trinajstić information content (AvgIpc) is 3.22. The molecule has 1 saturated heterocycles. The highest BCUT2D eigenvalue weighted by molar-refractivity contribution is 7.99. The lowest BCUT2D eigenvalue weighted by Gasteiger charge is -2.41. The van der Waals surface area contributed by atoms with Gasteiger partial charge in [0, 0.05) is 16.7 Å². The molecule has 0 spiro atoms. The molecule has 2 aromatic heterocycles. The van der Waals surface area contributed by atoms with E-state index in [0.717, 1.165) is 18.0 Å². The van der Waals surface area contributed by atoms with E-state index in [4.69, 9.17) is 27.9 Å². The second-order valence-electron chi connectivity index (χ2n) is 6.87. The molecule has 12 heteroatoms. The molecule has 0 aliphatic carbocycles. The molecular formula is C19H17Cl2FN4O4S. The molecule has 4 rings (SSSR count). The first-order chi connectivity index (χ1) is 14.9. The Balaban J connectivity index is 1.62. The Morgan fingerprint density at radius 3 is 2.65 bits per heavy atom. The number of rotatable bonds is 5. The molecule has 0 unspecified atom stereocenters. The standard InChI is InChI=1S/C19H17Cl2FN4O4S/c20-12-2-1-11(4-13(12)21)31-19-18(29)16(17(28)15(8-27)30-19)26-7-14(24-25-26)9-3-10(22)6-23-5-9/h1-7,15-19,27-29H,8H2/t15-,16+,17+,18-,19-/m0/s1. The fourth-order valence-corrected chi connectivity index (χ4v) is 4.73. The van der Waals surface area contributed by atoms with Gasteiger partial charge in [0.1, 0.15) is 41.3 Å². The summed E-state index contributed by atoms with van der Waals surface area (Å²) in [6.45, 7) is -0.474. The molecule has 3 aromatic rings. The van der Waals surface area contributed by atoms with Crippen LogP contribution in [-0.2, 0) is 4.74 Å². The van der Waals surface area contributed by atoms with E-state index in [9.17, 15) is 19.7 Å². The number of hydrogen-bond acceptors (Lipinski definition) is 8. The maximum Gasteiger partial charge on any atom is 0.142 e. The van der Waals surface area contributed by atoms with Crippen molar-refractivity contribution >= 4 is 35.0 Å². The second kappa shape index (κ2) is 9.37. The summed E-state index contributed by atoms with van der Waals surface area (Å²) in [4.78, 5) is 4.46. The van der Waals surface area contributed by atoms with E-state index in [0.29, 0.717) is 26.2 Å². The highest BCUT2D eigenvalue weighted by Gasteiger charge is 2.46. The summed E-state index contributed by atoms with van der Waals surface area (Å²) in [6.07, 6.45) is 0.485. The van der Waals surface area contributed by atoms with Crippen molar-refractivity contribution in [2.75, 3.05) is 6.61 Å². The molecule has 0 bridgehead atoms. The fraction of sp³-hybridized carbons (Fsp3) is 0.316. The lowest BCUT2D eigenvalue weighted by Crippen LogP contribution is -2.55. The fourth-order valence-electron chi connectivity index (χ4n) is 3.27. The van der Waals surface area contributed by atoms with Gasteiger partial charge in [-0.2, -0.15) is 0 Å². The molecule has 0 amide bonds. The van der Waals surface area contributed by atoms with Crippen LogP contribution in [0.15, 0.2) is 47.8 Å². The molecule has 0 saturated carbocycles. The Morgan fingerprint density at radius 1 is 1.13 bits per heavy atom. The highest BCUT2D eigenvalue weighted by atomic mass is 35.5. The zero-order chi connectivity index (χ0) is 22.1. The number of halogens is 3. The number of pyridine rings is 1. The third-order valence-electron chi connectivity index (χ3n) is 4.81. The van der Waals surface area contributed by atoms with Crippen molar-refractivity contribution in [1.82, 2.24) is 20.0 Å². The van der Waals surface area contributed by atoms with E-state index in [2.05, 4.69) is 15.3 Å². The Hall–Kier alpha value is -1.79. The minimum Gasteiger partial charge on any atom is -0.394 e. The largest absolute Gasteiger partial charge is 0.394 e. The molecule has 3 heterocycles. The first-order valence-electron chi connectivity index (χ1n) is 9.14. The highest BCUT2D eigenvalue weighted by Crippen LogP contribution is 2.39. The van der Waals surface area contributed by atoms with Gasteiger partial charge in [-0.1, -0.05) is 40.2 Å². The number of nitrogens with zero attached hydrogens (tertiary/aromatic N) is 4. The van der Waals surface area contributed by atoms with Crippen LogP contribution in [0, 0.1) is 5.82 Å². The van der Waals surface area contributed by atoms with Crippen molar-refractivity contribution in [1.29, 1.82) is 0 Å². The van der Waals surface area contributed by atoms with Gasteiger partial charge in [-0.3, -0.25) is 4.98 Å². The predicted molar refractivity (Wildman–Crippen MR) is 112 cm³/mol. The second-order valence-corrected chi connectivity index (χ2v) is 8.85. The topological polar surface area (TPSA) is 114 Å². The number of benzene rings is 1. The van der Waals surface area contributed by atoms with Crippen LogP contribution in [0.3, 0.4) is 0 Å². The Kier molecular flexibility index (Phi) is 6.77. The van der Waals surface area contributed by atoms with Crippen LogP contribution in [0.2, 0.25) is 10.0 Å². The summed E-state index contributed by atoms with van der Waals surface area (Å²) in [5.74, 6) is -0.531. The number of aromatic nitrogens is 4. The number of ether oxygens (including phenoxy) is 1. The van der Waals surface area contributed by atoms with Gasteiger partial charge < -0.3 is 20.1 Å². The summed E-state index contributed by atoms with van der Waals surface area (Å²) < 4.78 is 20.5. The summed E-state index contributed by atoms with van der Waals surface area (Å²) in [7, 11) is 0. The molecule has 1 fully saturated rings. The van der Waals surface area contributed by atoms with Gasteiger partial charge in [-0.25, -0.2) is 9.07 Å². The molecule has 1 aromatic carbocycles. The first-order valence-corrected chi connectivity index (χ1v) is 10.8. The Bertz CT molecular complexity index is 1070. The maximum atomic E-state index is 13.5. The van der Waals surface area contributed by atoms with E-state index in [1.165, 1.54) is 23.1 Å². The summed E-state index contributed by atoms with van der Waals surface area (Å²) >= 11 is 13.2. The Labute approximate surface area is 190 Å². The van der Waals surface area contributed by atoms with E-state index >= 15 is 0 Å². The van der Waals surface area contributed by atoms with Gasteiger partial charge in [0.25, 0.3) is 0 Å². The summed E-state index contributed by atoms with van der Waals surface area (Å²) in [5.41, 5.74) is -0.152. The zero-order valence-electron chi connectivity index (χ0n) is 15.7. The normalized spacial score (nSPS) is 26.2. The van der Waals surface area contributed by atoms with Gasteiger partial charge in [-0.05, 0) is 24.3 Å². The molecule has 1 aliphatic rings. The molecule has 8 nitrogen and oxygen atoms in total. The van der Waals surface area contributed by atoms with Crippen LogP contribution in [0.25, 0.3) is 11.3 Å². The van der Waals surface area contributed by atoms with Crippen LogP contribution < -0.4 is 0 Å². The van der Waals surface area contributed by atoms with Crippen molar-refractivity contribution in [3.8, 4) is 11.3 Å². The quantitative estimate of drug-likeness (QED) is 0.504. The molecule has 31 heavy (non-hydrogen) atoms. The third-order valence-corrected chi connectivity index (χ3v) is 6.70. The minimum absolute atomic E-state index is 0.312. The van der Waals surface area contributed by atoms with Gasteiger partial charge in [0.05, 0.1) is 29.0 Å². The zero-order valence-corrected chi connectivity index (χ0v) is 18.0. The van der Waals surface area contributed by atoms with Crippen LogP contribution >= 0.6 is 35.0 Å². The van der Waals surface area contributed by atoms with Crippen LogP contribution in [0.1, 0.15) is 6.04 Å². The van der Waals surface area contributed by atoms with Gasteiger partial charge in [0.2, 0.25) is 0 Å². The minimum atomic E-state index is -1.27. The molecule has 3 N–H and O–H groups in total. The van der Waals surface area contributed by atoms with E-state index in [-0.39, 0.29) is 0 Å². The summed E-state index contributed by atoms with van der Waals surface area (Å²) in [5, 5.41) is 40.1. The van der Waals surface area contributed by atoms with Crippen LogP contribution in [0.5, 0.6) is 0 Å². The van der Waals surface area contributed by atoms with Gasteiger partial charge in [-0.15, -0.1) is 5.10 Å². The lowest BCUT2D eigenvalue weighted by atomic mass is 9.97. The van der Waals surface area contributed by atoms with Crippen molar-refractivity contribution in [3.63, 3.8) is 0 Å². The van der Waals surface area contributed by atoms with Crippen molar-refractivity contribution in [2.24, 2.45) is 0 Å². The van der Waals surface area contributed by atoms with Crippen molar-refractivity contribution in [3.05, 3.63) is 58.7 Å². The smallest absolute Gasteiger partial charge is 0.142 e. The summed E-state index contributed by atoms with van der Waals surface area (Å²) in [6, 6.07) is 5.23. The van der Waals surface area contributed by atoms with Crippen LogP contribution in [0.4, 0.5) is 4.39 Å². The Morgan fingerprint density at radius 2 is 1.94 bits per heavy atom. The lowest BCUT2D eigenvalue weighted by molar-refractivity contribution is -0.178. The third kappa shape index (κ3) is 4.70. The van der Waals surface area contributed by atoms with Crippen molar-refractivity contribution in [2.45, 2.75) is 34.7 Å². The molecular weight excluding hydrogens is 470 g/mol. The maximum absolute atomic E-state index is 13.5. The molecule has 5 atom stereocenters. The van der Waals surface area contributed by atoms with Gasteiger partial charge in [0.15, 0.2) is 0 Å². The average molecular weight is 487 g/mol.